The molecule has 0 saturated carbocycles. The number of carbonyl (C=O) groups excluding carboxylic acids is 1. The lowest BCUT2D eigenvalue weighted by Crippen LogP contribution is -2.34. The van der Waals surface area contributed by atoms with Crippen LogP contribution >= 0.6 is 0 Å². The first-order chi connectivity index (χ1) is 11.2. The molecule has 0 aliphatic heterocycles. The van der Waals surface area contributed by atoms with Crippen molar-refractivity contribution < 1.29 is 14.3 Å². The van der Waals surface area contributed by atoms with Gasteiger partial charge in [-0.25, -0.2) is 14.5 Å². The first kappa shape index (κ1) is 17.6. The molecule has 2 rings (SSSR count). The molecule has 1 N–H and O–H groups in total. The zero-order chi connectivity index (χ0) is 17.8. The molecule has 9 heteroatoms. The van der Waals surface area contributed by atoms with Gasteiger partial charge in [0.1, 0.15) is 18.5 Å². The highest BCUT2D eigenvalue weighted by atomic mass is 16.6. The number of rotatable bonds is 5. The van der Waals surface area contributed by atoms with Crippen molar-refractivity contribution in [2.75, 3.05) is 11.9 Å². The van der Waals surface area contributed by atoms with Gasteiger partial charge in [0, 0.05) is 6.20 Å². The van der Waals surface area contributed by atoms with Crippen LogP contribution in [0, 0.1) is 0 Å². The highest BCUT2D eigenvalue weighted by molar-refractivity contribution is 5.85. The first-order valence-electron chi connectivity index (χ1n) is 7.49. The van der Waals surface area contributed by atoms with Gasteiger partial charge in [0.25, 0.3) is 0 Å². The van der Waals surface area contributed by atoms with E-state index < -0.39 is 17.2 Å². The monoisotopic (exact) mass is 334 g/mol. The summed E-state index contributed by atoms with van der Waals surface area (Å²) in [5, 5.41) is 13.7. The Hall–Kier alpha value is -2.71. The summed E-state index contributed by atoms with van der Waals surface area (Å²) in [7, 11) is 0. The molecule has 0 fully saturated rings. The van der Waals surface area contributed by atoms with Crippen LogP contribution in [0.25, 0.3) is 0 Å². The molecule has 2 heterocycles. The second-order valence-electron chi connectivity index (χ2n) is 6.83. The van der Waals surface area contributed by atoms with Gasteiger partial charge in [0.2, 0.25) is 0 Å². The average molecular weight is 334 g/mol. The Bertz CT molecular complexity index is 679. The molecule has 0 atom stereocenters. The Labute approximate surface area is 140 Å². The quantitative estimate of drug-likeness (QED) is 0.894. The molecule has 0 unspecified atom stereocenters. The van der Waals surface area contributed by atoms with Gasteiger partial charge >= 0.3 is 6.09 Å². The van der Waals surface area contributed by atoms with Gasteiger partial charge in [0.05, 0.1) is 5.54 Å². The van der Waals surface area contributed by atoms with E-state index in [0.717, 1.165) is 0 Å². The maximum Gasteiger partial charge on any atom is 0.413 e. The summed E-state index contributed by atoms with van der Waals surface area (Å²) in [6.07, 6.45) is 2.49. The number of ether oxygens (including phenoxy) is 2. The summed E-state index contributed by atoms with van der Waals surface area (Å²) in [5.41, 5.74) is -1.06. The van der Waals surface area contributed by atoms with E-state index >= 15 is 0 Å². The highest BCUT2D eigenvalue weighted by Crippen LogP contribution is 2.24. The van der Waals surface area contributed by atoms with Crippen LogP contribution in [0.2, 0.25) is 0 Å². The molecule has 0 aliphatic rings. The number of carbonyl (C=O) groups is 1. The molecule has 0 aliphatic carbocycles. The fourth-order valence-corrected chi connectivity index (χ4v) is 1.76. The maximum absolute atomic E-state index is 11.9. The van der Waals surface area contributed by atoms with Crippen molar-refractivity contribution >= 4 is 11.9 Å². The number of hydrogen-bond donors (Lipinski definition) is 1. The summed E-state index contributed by atoms with van der Waals surface area (Å²) < 4.78 is 12.6. The Morgan fingerprint density at radius 2 is 2.04 bits per heavy atom. The van der Waals surface area contributed by atoms with Crippen molar-refractivity contribution in [2.24, 2.45) is 0 Å². The zero-order valence-electron chi connectivity index (χ0n) is 14.5. The molecule has 130 valence electrons. The van der Waals surface area contributed by atoms with Crippen molar-refractivity contribution in [3.8, 4) is 5.75 Å². The van der Waals surface area contributed by atoms with E-state index in [1.807, 2.05) is 13.8 Å². The molecule has 0 bridgehead atoms. The number of nitrogens with one attached hydrogen (secondary N) is 1. The number of hydrogen-bond acceptors (Lipinski definition) is 7. The molecular weight excluding hydrogens is 312 g/mol. The topological polar surface area (TPSA) is 104 Å². The van der Waals surface area contributed by atoms with Crippen molar-refractivity contribution in [1.82, 2.24) is 25.2 Å². The predicted octanol–water partition coefficient (Wildman–Crippen LogP) is 2.23. The number of pyridine rings is 1. The predicted molar refractivity (Wildman–Crippen MR) is 86.7 cm³/mol. The molecule has 9 nitrogen and oxygen atoms in total. The standard InChI is InChI=1S/C15H22N6O3/c1-14(2,3)24-13(22)18-12-11(7-6-8-16-12)23-9-15(4,5)21-10-17-19-20-21/h6-8,10H,9H2,1-5H3,(H,16,18,22). The number of amides is 1. The van der Waals surface area contributed by atoms with E-state index in [4.69, 9.17) is 9.47 Å². The van der Waals surface area contributed by atoms with Crippen LogP contribution in [0.3, 0.4) is 0 Å². The Balaban J connectivity index is 2.05. The third-order valence-corrected chi connectivity index (χ3v) is 2.94. The zero-order valence-corrected chi connectivity index (χ0v) is 14.5. The van der Waals surface area contributed by atoms with Gasteiger partial charge in [-0.15, -0.1) is 5.10 Å². The number of aromatic nitrogens is 5. The highest BCUT2D eigenvalue weighted by Gasteiger charge is 2.24. The molecule has 2 aromatic rings. The number of nitrogens with zero attached hydrogens (tertiary/aromatic N) is 5. The molecule has 0 spiro atoms. The molecule has 2 aromatic heterocycles. The van der Waals surface area contributed by atoms with Gasteiger partial charge in [0.15, 0.2) is 11.6 Å². The summed E-state index contributed by atoms with van der Waals surface area (Å²) in [6.45, 7) is 9.51. The smallest absolute Gasteiger partial charge is 0.413 e. The Kier molecular flexibility index (Phi) is 5.01. The van der Waals surface area contributed by atoms with Crippen molar-refractivity contribution in [3.63, 3.8) is 0 Å². The molecule has 0 aromatic carbocycles. The lowest BCUT2D eigenvalue weighted by molar-refractivity contribution is 0.0634. The lowest BCUT2D eigenvalue weighted by atomic mass is 10.1. The summed E-state index contributed by atoms with van der Waals surface area (Å²) >= 11 is 0. The van der Waals surface area contributed by atoms with Crippen molar-refractivity contribution in [1.29, 1.82) is 0 Å². The minimum absolute atomic E-state index is 0.284. The van der Waals surface area contributed by atoms with Crippen molar-refractivity contribution in [3.05, 3.63) is 24.7 Å². The second-order valence-corrected chi connectivity index (χ2v) is 6.83. The van der Waals surface area contributed by atoms with Crippen molar-refractivity contribution in [2.45, 2.75) is 45.8 Å². The lowest BCUT2D eigenvalue weighted by Gasteiger charge is -2.24. The van der Waals surface area contributed by atoms with Crippen LogP contribution in [0.4, 0.5) is 10.6 Å². The van der Waals surface area contributed by atoms with Crippen LogP contribution < -0.4 is 10.1 Å². The maximum atomic E-state index is 11.9. The van der Waals surface area contributed by atoms with Crippen LogP contribution in [-0.4, -0.2) is 43.5 Å². The van der Waals surface area contributed by atoms with Gasteiger partial charge in [-0.05, 0) is 57.2 Å². The van der Waals surface area contributed by atoms with E-state index in [2.05, 4.69) is 25.8 Å². The fraction of sp³-hybridized carbons (Fsp3) is 0.533. The van der Waals surface area contributed by atoms with Gasteiger partial charge < -0.3 is 9.47 Å². The van der Waals surface area contributed by atoms with Crippen LogP contribution in [0.5, 0.6) is 5.75 Å². The van der Waals surface area contributed by atoms with E-state index in [1.165, 1.54) is 6.33 Å². The first-order valence-corrected chi connectivity index (χ1v) is 7.49. The summed E-state index contributed by atoms with van der Waals surface area (Å²) in [5.74, 6) is 0.726. The van der Waals surface area contributed by atoms with Gasteiger partial charge in [-0.1, -0.05) is 0 Å². The fourth-order valence-electron chi connectivity index (χ4n) is 1.76. The summed E-state index contributed by atoms with van der Waals surface area (Å²) in [6, 6.07) is 3.44. The van der Waals surface area contributed by atoms with E-state index in [9.17, 15) is 4.79 Å². The molecule has 0 saturated heterocycles. The van der Waals surface area contributed by atoms with Gasteiger partial charge in [-0.3, -0.25) is 5.32 Å². The SMILES string of the molecule is CC(C)(C)OC(=O)Nc1ncccc1OCC(C)(C)n1cnnn1. The van der Waals surface area contributed by atoms with Crippen LogP contribution in [-0.2, 0) is 10.3 Å². The normalized spacial score (nSPS) is 11.9. The largest absolute Gasteiger partial charge is 0.487 e. The second kappa shape index (κ2) is 6.81. The molecule has 0 radical (unpaired) electrons. The minimum Gasteiger partial charge on any atom is -0.487 e. The van der Waals surface area contributed by atoms with Crippen LogP contribution in [0.15, 0.2) is 24.7 Å². The Morgan fingerprint density at radius 3 is 2.67 bits per heavy atom. The number of anilines is 1. The van der Waals surface area contributed by atoms with E-state index in [-0.39, 0.29) is 6.61 Å². The third kappa shape index (κ3) is 4.90. The van der Waals surface area contributed by atoms with Crippen LogP contribution in [0.1, 0.15) is 34.6 Å². The summed E-state index contributed by atoms with van der Waals surface area (Å²) in [4.78, 5) is 16.0. The van der Waals surface area contributed by atoms with Gasteiger partial charge in [-0.2, -0.15) is 0 Å². The molecule has 1 amide bonds. The minimum atomic E-state index is -0.595. The Morgan fingerprint density at radius 1 is 1.29 bits per heavy atom. The molecular formula is C15H22N6O3. The van der Waals surface area contributed by atoms with E-state index in [0.29, 0.717) is 11.6 Å². The van der Waals surface area contributed by atoms with E-state index in [1.54, 1.807) is 43.8 Å². The third-order valence-electron chi connectivity index (χ3n) is 2.94. The number of tetrazole rings is 1. The molecule has 24 heavy (non-hydrogen) atoms. The average Bonchev–Trinajstić information content (AvgIpc) is 2.99.